The number of ether oxygens (including phenoxy) is 1. The minimum atomic E-state index is -0.375. The van der Waals surface area contributed by atoms with Crippen molar-refractivity contribution >= 4 is 11.7 Å². The molecule has 0 saturated carbocycles. The zero-order valence-corrected chi connectivity index (χ0v) is 21.8. The topological polar surface area (TPSA) is 58.6 Å². The van der Waals surface area contributed by atoms with Crippen LogP contribution in [-0.2, 0) is 22.5 Å². The van der Waals surface area contributed by atoms with Crippen LogP contribution in [0.25, 0.3) is 11.3 Å². The zero-order valence-electron chi connectivity index (χ0n) is 21.8. The van der Waals surface area contributed by atoms with Crippen LogP contribution in [0.4, 0.5) is 5.69 Å². The van der Waals surface area contributed by atoms with Gasteiger partial charge in [-0.1, -0.05) is 62.7 Å². The van der Waals surface area contributed by atoms with E-state index in [4.69, 9.17) is 9.72 Å². The monoisotopic (exact) mass is 486 g/mol. The number of methoxy groups -OCH3 is 1. The van der Waals surface area contributed by atoms with Crippen LogP contribution < -0.4 is 4.90 Å². The van der Waals surface area contributed by atoms with Gasteiger partial charge in [-0.15, -0.1) is 0 Å². The van der Waals surface area contributed by atoms with Gasteiger partial charge in [0.25, 0.3) is 0 Å². The number of hydrogen-bond donors (Lipinski definition) is 0. The molecule has 1 aliphatic rings. The summed E-state index contributed by atoms with van der Waals surface area (Å²) in [7, 11) is 1.45. The molecule has 1 aromatic heterocycles. The third kappa shape index (κ3) is 6.11. The maximum Gasteiger partial charge on any atom is 0.313 e. The first-order chi connectivity index (χ1) is 17.6. The fourth-order valence-electron chi connectivity index (χ4n) is 5.12. The standard InChI is InChI=1S/C30H38N4O2/c1-4-10-25(30(35)36-3)27-20-31-22-32-29(27)26-14-13-23(5-2)19-28(26)34-16-9-15-33(17-18-34)21-24-11-7-6-8-12-24/h6-8,11-14,19-20,22,25H,4-5,9-10,15-18,21H2,1-3H3. The lowest BCUT2D eigenvalue weighted by Gasteiger charge is -2.27. The molecule has 6 heteroatoms. The number of carbonyl (C=O) groups excluding carboxylic acids is 1. The first-order valence-corrected chi connectivity index (χ1v) is 13.2. The molecular formula is C30H38N4O2. The predicted octanol–water partition coefficient (Wildman–Crippen LogP) is 5.48. The number of rotatable bonds is 9. The second kappa shape index (κ2) is 12.6. The molecule has 6 nitrogen and oxygen atoms in total. The molecule has 1 saturated heterocycles. The Bertz CT molecular complexity index is 1130. The van der Waals surface area contributed by atoms with Crippen LogP contribution in [0.5, 0.6) is 0 Å². The summed E-state index contributed by atoms with van der Waals surface area (Å²) < 4.78 is 5.16. The van der Waals surface area contributed by atoms with E-state index < -0.39 is 0 Å². The maximum atomic E-state index is 12.7. The molecule has 1 unspecified atom stereocenters. The fraction of sp³-hybridized carbons (Fsp3) is 0.433. The Kier molecular flexibility index (Phi) is 9.06. The molecule has 190 valence electrons. The molecule has 4 rings (SSSR count). The Morgan fingerprint density at radius 2 is 1.86 bits per heavy atom. The molecule has 0 radical (unpaired) electrons. The number of benzene rings is 2. The van der Waals surface area contributed by atoms with Crippen molar-refractivity contribution in [2.75, 3.05) is 38.2 Å². The lowest BCUT2D eigenvalue weighted by Crippen LogP contribution is -2.31. The van der Waals surface area contributed by atoms with Gasteiger partial charge in [0, 0.05) is 55.7 Å². The van der Waals surface area contributed by atoms with Crippen LogP contribution in [0, 0.1) is 0 Å². The minimum Gasteiger partial charge on any atom is -0.469 e. The summed E-state index contributed by atoms with van der Waals surface area (Å²) in [6.07, 6.45) is 7.02. The van der Waals surface area contributed by atoms with Gasteiger partial charge in [-0.3, -0.25) is 9.69 Å². The number of esters is 1. The van der Waals surface area contributed by atoms with E-state index in [2.05, 4.69) is 77.2 Å². The molecule has 2 heterocycles. The van der Waals surface area contributed by atoms with Crippen molar-refractivity contribution in [2.24, 2.45) is 0 Å². The molecule has 1 aliphatic heterocycles. The number of carbonyl (C=O) groups is 1. The largest absolute Gasteiger partial charge is 0.469 e. The van der Waals surface area contributed by atoms with Gasteiger partial charge in [-0.05, 0) is 36.5 Å². The second-order valence-electron chi connectivity index (χ2n) is 9.50. The van der Waals surface area contributed by atoms with Gasteiger partial charge in [-0.25, -0.2) is 9.97 Å². The lowest BCUT2D eigenvalue weighted by atomic mass is 9.90. The summed E-state index contributed by atoms with van der Waals surface area (Å²) >= 11 is 0. The van der Waals surface area contributed by atoms with E-state index in [1.807, 2.05) is 0 Å². The lowest BCUT2D eigenvalue weighted by molar-refractivity contribution is -0.142. The molecule has 0 amide bonds. The van der Waals surface area contributed by atoms with Gasteiger partial charge in [-0.2, -0.15) is 0 Å². The summed E-state index contributed by atoms with van der Waals surface area (Å²) in [5.41, 5.74) is 6.58. The zero-order chi connectivity index (χ0) is 25.3. The Morgan fingerprint density at radius 3 is 2.61 bits per heavy atom. The van der Waals surface area contributed by atoms with Crippen LogP contribution in [-0.4, -0.2) is 54.1 Å². The second-order valence-corrected chi connectivity index (χ2v) is 9.50. The molecule has 0 N–H and O–H groups in total. The Morgan fingerprint density at radius 1 is 1.03 bits per heavy atom. The van der Waals surface area contributed by atoms with Gasteiger partial charge >= 0.3 is 5.97 Å². The smallest absolute Gasteiger partial charge is 0.313 e. The predicted molar refractivity (Wildman–Crippen MR) is 145 cm³/mol. The van der Waals surface area contributed by atoms with Crippen molar-refractivity contribution in [2.45, 2.75) is 52.0 Å². The minimum absolute atomic E-state index is 0.231. The van der Waals surface area contributed by atoms with E-state index in [0.29, 0.717) is 6.42 Å². The van der Waals surface area contributed by atoms with Crippen molar-refractivity contribution < 1.29 is 9.53 Å². The number of hydrogen-bond acceptors (Lipinski definition) is 6. The van der Waals surface area contributed by atoms with Gasteiger partial charge in [0.2, 0.25) is 0 Å². The molecule has 3 aromatic rings. The van der Waals surface area contributed by atoms with Crippen molar-refractivity contribution in [3.8, 4) is 11.3 Å². The summed E-state index contributed by atoms with van der Waals surface area (Å²) in [4.78, 5) is 26.8. The van der Waals surface area contributed by atoms with Gasteiger partial charge in [0.1, 0.15) is 6.33 Å². The third-order valence-electron chi connectivity index (χ3n) is 7.08. The highest BCUT2D eigenvalue weighted by atomic mass is 16.5. The van der Waals surface area contributed by atoms with Crippen LogP contribution >= 0.6 is 0 Å². The number of aryl methyl sites for hydroxylation is 1. The Balaban J connectivity index is 1.66. The van der Waals surface area contributed by atoms with Crippen LogP contribution in [0.15, 0.2) is 61.1 Å². The molecule has 0 bridgehead atoms. The van der Waals surface area contributed by atoms with Gasteiger partial charge in [0.05, 0.1) is 18.7 Å². The van der Waals surface area contributed by atoms with E-state index in [1.165, 1.54) is 23.9 Å². The third-order valence-corrected chi connectivity index (χ3v) is 7.08. The summed E-state index contributed by atoms with van der Waals surface area (Å²) in [5, 5.41) is 0. The quantitative estimate of drug-likeness (QED) is 0.374. The number of aromatic nitrogens is 2. The van der Waals surface area contributed by atoms with E-state index in [9.17, 15) is 4.79 Å². The normalized spacial score (nSPS) is 15.4. The van der Waals surface area contributed by atoms with Crippen molar-refractivity contribution in [3.05, 3.63) is 77.7 Å². The summed E-state index contributed by atoms with van der Waals surface area (Å²) in [5.74, 6) is -0.605. The highest BCUT2D eigenvalue weighted by Crippen LogP contribution is 2.37. The Hall–Kier alpha value is -3.25. The average molecular weight is 487 g/mol. The highest BCUT2D eigenvalue weighted by molar-refractivity contribution is 5.85. The molecule has 0 spiro atoms. The van der Waals surface area contributed by atoms with Crippen molar-refractivity contribution in [3.63, 3.8) is 0 Å². The number of nitrogens with zero attached hydrogens (tertiary/aromatic N) is 4. The first-order valence-electron chi connectivity index (χ1n) is 13.2. The molecular weight excluding hydrogens is 448 g/mol. The summed E-state index contributed by atoms with van der Waals surface area (Å²) in [6, 6.07) is 17.4. The molecule has 0 aliphatic carbocycles. The summed E-state index contributed by atoms with van der Waals surface area (Å²) in [6.45, 7) is 9.26. The molecule has 36 heavy (non-hydrogen) atoms. The maximum absolute atomic E-state index is 12.7. The van der Waals surface area contributed by atoms with E-state index >= 15 is 0 Å². The van der Waals surface area contributed by atoms with E-state index in [0.717, 1.165) is 68.8 Å². The number of anilines is 1. The molecule has 1 atom stereocenters. The van der Waals surface area contributed by atoms with Crippen molar-refractivity contribution in [1.82, 2.24) is 14.9 Å². The molecule has 2 aromatic carbocycles. The van der Waals surface area contributed by atoms with Gasteiger partial charge in [0.15, 0.2) is 0 Å². The fourth-order valence-corrected chi connectivity index (χ4v) is 5.12. The highest BCUT2D eigenvalue weighted by Gasteiger charge is 2.27. The van der Waals surface area contributed by atoms with E-state index in [-0.39, 0.29) is 11.9 Å². The van der Waals surface area contributed by atoms with Crippen LogP contribution in [0.2, 0.25) is 0 Å². The van der Waals surface area contributed by atoms with Crippen molar-refractivity contribution in [1.29, 1.82) is 0 Å². The first kappa shape index (κ1) is 25.8. The molecule has 1 fully saturated rings. The van der Waals surface area contributed by atoms with Crippen LogP contribution in [0.1, 0.15) is 55.7 Å². The van der Waals surface area contributed by atoms with Gasteiger partial charge < -0.3 is 9.64 Å². The van der Waals surface area contributed by atoms with Crippen LogP contribution in [0.3, 0.4) is 0 Å². The Labute approximate surface area is 215 Å². The van der Waals surface area contributed by atoms with E-state index in [1.54, 1.807) is 12.5 Å². The SMILES string of the molecule is CCCC(C(=O)OC)c1cncnc1-c1ccc(CC)cc1N1CCCN(Cc2ccccc2)CC1. The average Bonchev–Trinajstić information content (AvgIpc) is 3.17.